The van der Waals surface area contributed by atoms with Gasteiger partial charge in [-0.25, -0.2) is 4.98 Å². The number of carbonyl (C=O) groups is 3. The Kier molecular flexibility index (Phi) is 7.14. The van der Waals surface area contributed by atoms with Gasteiger partial charge in [-0.1, -0.05) is 25.1 Å². The van der Waals surface area contributed by atoms with Gasteiger partial charge < -0.3 is 25.3 Å². The van der Waals surface area contributed by atoms with Crippen LogP contribution in [0.2, 0.25) is 0 Å². The monoisotopic (exact) mass is 621 g/mol. The highest BCUT2D eigenvalue weighted by molar-refractivity contribution is 6.00. The molecule has 0 saturated heterocycles. The van der Waals surface area contributed by atoms with Crippen molar-refractivity contribution in [2.75, 3.05) is 20.3 Å². The molecule has 0 bridgehead atoms. The average Bonchev–Trinajstić information content (AvgIpc) is 3.98. The third kappa shape index (κ3) is 5.00. The van der Waals surface area contributed by atoms with Gasteiger partial charge in [0.25, 0.3) is 5.91 Å². The number of nitrogens with zero attached hydrogens (tertiary/aromatic N) is 3. The van der Waals surface area contributed by atoms with E-state index in [0.29, 0.717) is 40.0 Å². The van der Waals surface area contributed by atoms with Crippen LogP contribution in [-0.2, 0) is 20.4 Å². The number of hydrogen-bond acceptors (Lipinski definition) is 7. The maximum atomic E-state index is 13.7. The molecule has 2 atom stereocenters. The second kappa shape index (κ2) is 11.0. The van der Waals surface area contributed by atoms with Crippen molar-refractivity contribution in [1.29, 1.82) is 0 Å². The lowest BCUT2D eigenvalue weighted by Crippen LogP contribution is -2.44. The van der Waals surface area contributed by atoms with E-state index in [0.717, 1.165) is 59.6 Å². The van der Waals surface area contributed by atoms with Gasteiger partial charge >= 0.3 is 0 Å². The largest absolute Gasteiger partial charge is 0.494 e. The summed E-state index contributed by atoms with van der Waals surface area (Å²) in [6, 6.07) is 11.8. The molecule has 2 saturated carbocycles. The number of ether oxygens (including phenoxy) is 2. The van der Waals surface area contributed by atoms with Crippen LogP contribution >= 0.6 is 0 Å². The Morgan fingerprint density at radius 3 is 2.65 bits per heavy atom. The van der Waals surface area contributed by atoms with Crippen LogP contribution in [-0.4, -0.2) is 53.1 Å². The van der Waals surface area contributed by atoms with Crippen LogP contribution in [0.1, 0.15) is 77.8 Å². The van der Waals surface area contributed by atoms with Crippen LogP contribution in [0, 0.1) is 19.8 Å². The molecular weight excluding hydrogens is 582 g/mol. The summed E-state index contributed by atoms with van der Waals surface area (Å²) in [5.41, 5.74) is 10.1. The van der Waals surface area contributed by atoms with Crippen molar-refractivity contribution in [3.63, 3.8) is 0 Å². The molecule has 2 aromatic heterocycles. The lowest BCUT2D eigenvalue weighted by atomic mass is 9.75. The van der Waals surface area contributed by atoms with E-state index < -0.39 is 16.7 Å². The van der Waals surface area contributed by atoms with Gasteiger partial charge in [-0.3, -0.25) is 14.3 Å². The number of aromatic nitrogens is 3. The minimum atomic E-state index is -1.08. The zero-order valence-corrected chi connectivity index (χ0v) is 26.7. The number of fused-ring (bicyclic) bond motifs is 2. The highest BCUT2D eigenvalue weighted by Crippen LogP contribution is 2.51. The number of aryl methyl sites for hydroxylation is 1. The van der Waals surface area contributed by atoms with Crippen LogP contribution in [0.3, 0.4) is 0 Å². The molecule has 0 spiro atoms. The fraction of sp³-hybridized carbons (Fsp3) is 0.417. The van der Waals surface area contributed by atoms with Gasteiger partial charge in [-0.15, -0.1) is 0 Å². The van der Waals surface area contributed by atoms with Crippen LogP contribution in [0.15, 0.2) is 42.6 Å². The predicted octanol–water partition coefficient (Wildman–Crippen LogP) is 4.86. The topological polar surface area (TPSA) is 138 Å². The number of carbonyl (C=O) groups excluding carboxylic acids is 3. The molecule has 0 unspecified atom stereocenters. The summed E-state index contributed by atoms with van der Waals surface area (Å²) in [5, 5.41) is 8.58. The number of benzene rings is 2. The van der Waals surface area contributed by atoms with Gasteiger partial charge in [0.2, 0.25) is 5.91 Å². The van der Waals surface area contributed by atoms with Crippen LogP contribution in [0.5, 0.6) is 11.5 Å². The first-order chi connectivity index (χ1) is 22.1. The Labute approximate surface area is 267 Å². The normalized spacial score (nSPS) is 20.1. The van der Waals surface area contributed by atoms with Crippen LogP contribution in [0.25, 0.3) is 22.2 Å². The fourth-order valence-electron chi connectivity index (χ4n) is 6.90. The van der Waals surface area contributed by atoms with Gasteiger partial charge in [0, 0.05) is 46.7 Å². The highest BCUT2D eigenvalue weighted by atomic mass is 16.5. The second-order valence-corrected chi connectivity index (χ2v) is 13.5. The average molecular weight is 622 g/mol. The van der Waals surface area contributed by atoms with Crippen molar-refractivity contribution in [3.05, 3.63) is 70.5 Å². The van der Waals surface area contributed by atoms with E-state index in [1.165, 1.54) is 0 Å². The Bertz CT molecular complexity index is 1910. The summed E-state index contributed by atoms with van der Waals surface area (Å²) in [5.74, 6) is 0.382. The number of hydrogen-bond donors (Lipinski definition) is 2. The highest BCUT2D eigenvalue weighted by Gasteiger charge is 2.50. The van der Waals surface area contributed by atoms with E-state index in [9.17, 15) is 14.4 Å². The first-order valence-electron chi connectivity index (χ1n) is 15.9. The summed E-state index contributed by atoms with van der Waals surface area (Å²) in [7, 11) is 1.57. The minimum Gasteiger partial charge on any atom is -0.494 e. The molecule has 2 aromatic carbocycles. The zero-order chi connectivity index (χ0) is 32.4. The number of methoxy groups -OCH3 is 1. The number of pyridine rings is 1. The van der Waals surface area contributed by atoms with Crippen molar-refractivity contribution < 1.29 is 23.9 Å². The van der Waals surface area contributed by atoms with Crippen LogP contribution in [0.4, 0.5) is 0 Å². The lowest BCUT2D eigenvalue weighted by Gasteiger charge is -2.30. The maximum absolute atomic E-state index is 13.7. The smallest absolute Gasteiger partial charge is 0.251 e. The lowest BCUT2D eigenvalue weighted by molar-refractivity contribution is -0.119. The molecule has 3 heterocycles. The van der Waals surface area contributed by atoms with Gasteiger partial charge in [0.15, 0.2) is 0 Å². The molecule has 0 radical (unpaired) electrons. The molecule has 46 heavy (non-hydrogen) atoms. The van der Waals surface area contributed by atoms with Gasteiger partial charge in [-0.05, 0) is 74.8 Å². The fourth-order valence-corrected chi connectivity index (χ4v) is 6.90. The van der Waals surface area contributed by atoms with Crippen LogP contribution < -0.4 is 20.5 Å². The van der Waals surface area contributed by atoms with Crippen molar-refractivity contribution in [3.8, 4) is 22.8 Å². The number of rotatable bonds is 11. The molecule has 3 N–H and O–H groups in total. The minimum absolute atomic E-state index is 0.000754. The zero-order valence-electron chi connectivity index (χ0n) is 26.7. The molecule has 3 aliphatic rings. The Balaban J connectivity index is 1.29. The Hall–Kier alpha value is -4.73. The molecule has 2 fully saturated rings. The molecule has 1 aliphatic heterocycles. The van der Waals surface area contributed by atoms with Crippen molar-refractivity contribution in [2.45, 2.75) is 69.7 Å². The molecule has 4 aromatic rings. The predicted molar refractivity (Wildman–Crippen MR) is 173 cm³/mol. The third-order valence-corrected chi connectivity index (χ3v) is 10.1. The molecular formula is C36H39N5O5. The van der Waals surface area contributed by atoms with E-state index in [1.54, 1.807) is 13.2 Å². The van der Waals surface area contributed by atoms with E-state index >= 15 is 0 Å². The van der Waals surface area contributed by atoms with Gasteiger partial charge in [0.05, 0.1) is 30.9 Å². The molecule has 10 nitrogen and oxygen atoms in total. The standard InChI is InChI=1S/C36H39N5O5/c1-20-6-5-7-26(21(20)2)32-33-27(35(3,19-46-33)15-30(37)43)14-29(39-32)36(18-42,24-8-9-24)17-38-34(44)22-12-23-16-41(25-10-11-25)40-31(23)28(13-22)45-4/h5-7,12-14,16,18,24-25H,8-11,15,17,19H2,1-4H3,(H2,37,43)(H,38,44)/t35-,36+/m0/s1. The molecule has 238 valence electrons. The number of nitrogens with two attached hydrogens (primary N) is 1. The Morgan fingerprint density at radius 1 is 1.20 bits per heavy atom. The van der Waals surface area contributed by atoms with E-state index in [4.69, 9.17) is 20.2 Å². The molecule has 2 aliphatic carbocycles. The van der Waals surface area contributed by atoms with Crippen molar-refractivity contribution >= 4 is 29.0 Å². The van der Waals surface area contributed by atoms with Gasteiger partial charge in [-0.2, -0.15) is 5.10 Å². The van der Waals surface area contributed by atoms with E-state index in [-0.39, 0.29) is 31.4 Å². The molecule has 2 amide bonds. The maximum Gasteiger partial charge on any atom is 0.251 e. The van der Waals surface area contributed by atoms with Crippen molar-refractivity contribution in [2.24, 2.45) is 11.7 Å². The molecule has 7 rings (SSSR count). The van der Waals surface area contributed by atoms with E-state index in [1.807, 2.05) is 62.0 Å². The van der Waals surface area contributed by atoms with Gasteiger partial charge in [0.1, 0.15) is 29.0 Å². The quantitative estimate of drug-likeness (QED) is 0.228. The summed E-state index contributed by atoms with van der Waals surface area (Å²) >= 11 is 0. The third-order valence-electron chi connectivity index (χ3n) is 10.1. The number of primary amides is 1. The molecule has 10 heteroatoms. The first-order valence-corrected chi connectivity index (χ1v) is 15.9. The number of nitrogens with one attached hydrogen (secondary N) is 1. The first kappa shape index (κ1) is 30.0. The number of amides is 2. The van der Waals surface area contributed by atoms with E-state index in [2.05, 4.69) is 10.4 Å². The summed E-state index contributed by atoms with van der Waals surface area (Å²) < 4.78 is 13.8. The Morgan fingerprint density at radius 2 is 1.98 bits per heavy atom. The van der Waals surface area contributed by atoms with Crippen molar-refractivity contribution in [1.82, 2.24) is 20.1 Å². The second-order valence-electron chi connectivity index (χ2n) is 13.5. The SMILES string of the molecule is COc1cc(C(=O)NC[C@](C=O)(c2cc3c(c(-c4cccc(C)c4C)n2)OC[C@]3(C)CC(N)=O)C2CC2)cc2cn(C3CC3)nc12. The number of aldehydes is 1. The summed E-state index contributed by atoms with van der Waals surface area (Å²) in [6.45, 7) is 6.37. The summed E-state index contributed by atoms with van der Waals surface area (Å²) in [4.78, 5) is 44.4. The summed E-state index contributed by atoms with van der Waals surface area (Å²) in [6.07, 6.45) is 6.84.